The maximum atomic E-state index is 13.1. The van der Waals surface area contributed by atoms with E-state index in [2.05, 4.69) is 10.6 Å². The second-order valence-corrected chi connectivity index (χ2v) is 7.02. The number of carbonyl (C=O) groups is 2. The van der Waals surface area contributed by atoms with Crippen LogP contribution in [-0.4, -0.2) is 18.5 Å². The first kappa shape index (κ1) is 24.4. The van der Waals surface area contributed by atoms with Gasteiger partial charge in [-0.3, -0.25) is 4.79 Å². The number of ether oxygens (including phenoxy) is 2. The molecule has 10 heteroatoms. The Hall–Kier alpha value is -4.21. The Kier molecular flexibility index (Phi) is 7.62. The Bertz CT molecular complexity index is 1180. The number of benzene rings is 3. The molecule has 3 aromatic rings. The molecule has 178 valence electrons. The molecule has 0 aliphatic heterocycles. The lowest BCUT2D eigenvalue weighted by Crippen LogP contribution is -2.28. The molecule has 0 heterocycles. The van der Waals surface area contributed by atoms with Crippen molar-refractivity contribution in [3.05, 3.63) is 83.4 Å². The number of primary amides is 1. The van der Waals surface area contributed by atoms with Gasteiger partial charge in [0, 0.05) is 12.1 Å². The summed E-state index contributed by atoms with van der Waals surface area (Å²) >= 11 is 0. The number of rotatable bonds is 8. The molecular formula is C24H22F3N3O4. The van der Waals surface area contributed by atoms with E-state index in [-0.39, 0.29) is 35.9 Å². The van der Waals surface area contributed by atoms with Crippen molar-refractivity contribution in [3.8, 4) is 17.2 Å². The summed E-state index contributed by atoms with van der Waals surface area (Å²) in [5.41, 5.74) is 5.10. The Labute approximate surface area is 193 Å². The van der Waals surface area contributed by atoms with Crippen molar-refractivity contribution in [1.82, 2.24) is 5.32 Å². The highest BCUT2D eigenvalue weighted by Crippen LogP contribution is 2.35. The minimum Gasteiger partial charge on any atom is -0.492 e. The second kappa shape index (κ2) is 10.6. The number of amides is 3. The largest absolute Gasteiger partial charge is 0.492 e. The topological polar surface area (TPSA) is 103 Å². The number of hydrogen-bond acceptors (Lipinski definition) is 4. The Morgan fingerprint density at radius 2 is 1.62 bits per heavy atom. The van der Waals surface area contributed by atoms with Gasteiger partial charge < -0.3 is 25.8 Å². The van der Waals surface area contributed by atoms with Crippen LogP contribution in [-0.2, 0) is 12.7 Å². The summed E-state index contributed by atoms with van der Waals surface area (Å²) in [6.45, 7) is 1.87. The molecule has 0 unspecified atom stereocenters. The lowest BCUT2D eigenvalue weighted by molar-refractivity contribution is -0.137. The normalized spacial score (nSPS) is 10.9. The first-order valence-electron chi connectivity index (χ1n) is 10.2. The minimum absolute atomic E-state index is 0.0102. The molecule has 0 spiro atoms. The van der Waals surface area contributed by atoms with E-state index in [1.807, 2.05) is 0 Å². The van der Waals surface area contributed by atoms with Gasteiger partial charge in [0.25, 0.3) is 5.91 Å². The molecule has 0 radical (unpaired) electrons. The molecule has 0 aliphatic carbocycles. The number of anilines is 1. The predicted octanol–water partition coefficient (Wildman–Crippen LogP) is 5.32. The highest BCUT2D eigenvalue weighted by atomic mass is 19.4. The standard InChI is InChI=1S/C24H22F3N3O4/c1-2-33-21-12-11-16(24(25,26)27)13-18(21)30-23(32)29-14-15-7-3-5-9-19(15)34-20-10-6-4-8-17(20)22(28)31/h3-13H,2,14H2,1H3,(H2,28,31)(H2,29,30,32). The van der Waals surface area contributed by atoms with Gasteiger partial charge in [0.05, 0.1) is 23.4 Å². The fraction of sp³-hybridized carbons (Fsp3) is 0.167. The number of urea groups is 1. The summed E-state index contributed by atoms with van der Waals surface area (Å²) in [7, 11) is 0. The van der Waals surface area contributed by atoms with Crippen LogP contribution in [0.3, 0.4) is 0 Å². The highest BCUT2D eigenvalue weighted by molar-refractivity contribution is 5.95. The summed E-state index contributed by atoms with van der Waals surface area (Å²) in [6.07, 6.45) is -4.57. The molecule has 3 amide bonds. The van der Waals surface area contributed by atoms with E-state index in [1.54, 1.807) is 49.4 Å². The highest BCUT2D eigenvalue weighted by Gasteiger charge is 2.31. The fourth-order valence-corrected chi connectivity index (χ4v) is 3.05. The van der Waals surface area contributed by atoms with Crippen LogP contribution in [0.25, 0.3) is 0 Å². The van der Waals surface area contributed by atoms with E-state index >= 15 is 0 Å². The van der Waals surface area contributed by atoms with Gasteiger partial charge >= 0.3 is 12.2 Å². The van der Waals surface area contributed by atoms with Crippen molar-refractivity contribution >= 4 is 17.6 Å². The minimum atomic E-state index is -4.57. The van der Waals surface area contributed by atoms with Gasteiger partial charge in [0.15, 0.2) is 0 Å². The number of para-hydroxylation sites is 2. The van der Waals surface area contributed by atoms with Crippen LogP contribution in [0.2, 0.25) is 0 Å². The quantitative estimate of drug-likeness (QED) is 0.412. The molecule has 3 aromatic carbocycles. The van der Waals surface area contributed by atoms with Crippen LogP contribution in [0.5, 0.6) is 17.2 Å². The van der Waals surface area contributed by atoms with Crippen LogP contribution < -0.4 is 25.8 Å². The number of halogens is 3. The van der Waals surface area contributed by atoms with Gasteiger partial charge in [0.1, 0.15) is 17.2 Å². The number of hydrogen-bond donors (Lipinski definition) is 3. The summed E-state index contributed by atoms with van der Waals surface area (Å²) in [5.74, 6) is 0.0667. The molecule has 3 rings (SSSR count). The summed E-state index contributed by atoms with van der Waals surface area (Å²) in [6, 6.07) is 15.3. The van der Waals surface area contributed by atoms with Crippen LogP contribution in [0.1, 0.15) is 28.4 Å². The average molecular weight is 473 g/mol. The van der Waals surface area contributed by atoms with Gasteiger partial charge in [-0.1, -0.05) is 30.3 Å². The predicted molar refractivity (Wildman–Crippen MR) is 120 cm³/mol. The fourth-order valence-electron chi connectivity index (χ4n) is 3.05. The zero-order valence-electron chi connectivity index (χ0n) is 18.1. The van der Waals surface area contributed by atoms with Crippen molar-refractivity contribution in [2.24, 2.45) is 5.73 Å². The average Bonchev–Trinajstić information content (AvgIpc) is 2.79. The first-order valence-corrected chi connectivity index (χ1v) is 10.2. The van der Waals surface area contributed by atoms with Gasteiger partial charge in [-0.2, -0.15) is 13.2 Å². The van der Waals surface area contributed by atoms with Crippen molar-refractivity contribution in [2.75, 3.05) is 11.9 Å². The van der Waals surface area contributed by atoms with E-state index in [0.717, 1.165) is 18.2 Å². The number of nitrogens with one attached hydrogen (secondary N) is 2. The van der Waals surface area contributed by atoms with E-state index in [1.165, 1.54) is 6.07 Å². The van der Waals surface area contributed by atoms with Gasteiger partial charge in [-0.05, 0) is 43.3 Å². The van der Waals surface area contributed by atoms with Crippen LogP contribution in [0.4, 0.5) is 23.7 Å². The molecule has 7 nitrogen and oxygen atoms in total. The maximum absolute atomic E-state index is 13.1. The van der Waals surface area contributed by atoms with E-state index in [0.29, 0.717) is 11.3 Å². The van der Waals surface area contributed by atoms with E-state index < -0.39 is 23.7 Å². The molecule has 0 saturated heterocycles. The second-order valence-electron chi connectivity index (χ2n) is 7.02. The summed E-state index contributed by atoms with van der Waals surface area (Å²) < 4.78 is 50.4. The Morgan fingerprint density at radius 1 is 0.941 bits per heavy atom. The molecular weight excluding hydrogens is 451 g/mol. The number of nitrogens with two attached hydrogens (primary N) is 1. The molecule has 4 N–H and O–H groups in total. The summed E-state index contributed by atoms with van der Waals surface area (Å²) in [4.78, 5) is 24.1. The van der Waals surface area contributed by atoms with Crippen molar-refractivity contribution in [1.29, 1.82) is 0 Å². The first-order chi connectivity index (χ1) is 16.2. The molecule has 0 aromatic heterocycles. The van der Waals surface area contributed by atoms with Crippen LogP contribution in [0, 0.1) is 0 Å². The van der Waals surface area contributed by atoms with Crippen molar-refractivity contribution in [3.63, 3.8) is 0 Å². The lowest BCUT2D eigenvalue weighted by atomic mass is 10.1. The number of alkyl halides is 3. The van der Waals surface area contributed by atoms with Gasteiger partial charge in [0.2, 0.25) is 0 Å². The molecule has 0 atom stereocenters. The smallest absolute Gasteiger partial charge is 0.416 e. The Morgan fingerprint density at radius 3 is 2.29 bits per heavy atom. The van der Waals surface area contributed by atoms with Gasteiger partial charge in [-0.25, -0.2) is 4.79 Å². The monoisotopic (exact) mass is 473 g/mol. The van der Waals surface area contributed by atoms with Crippen molar-refractivity contribution in [2.45, 2.75) is 19.6 Å². The Balaban J connectivity index is 1.74. The third-order valence-corrected chi connectivity index (χ3v) is 4.64. The van der Waals surface area contributed by atoms with Crippen molar-refractivity contribution < 1.29 is 32.2 Å². The van der Waals surface area contributed by atoms with Crippen LogP contribution >= 0.6 is 0 Å². The maximum Gasteiger partial charge on any atom is 0.416 e. The van der Waals surface area contributed by atoms with E-state index in [4.69, 9.17) is 15.2 Å². The van der Waals surface area contributed by atoms with E-state index in [9.17, 15) is 22.8 Å². The lowest BCUT2D eigenvalue weighted by Gasteiger charge is -2.16. The zero-order valence-corrected chi connectivity index (χ0v) is 18.1. The SMILES string of the molecule is CCOc1ccc(C(F)(F)F)cc1NC(=O)NCc1ccccc1Oc1ccccc1C(N)=O. The van der Waals surface area contributed by atoms with Gasteiger partial charge in [-0.15, -0.1) is 0 Å². The zero-order chi connectivity index (χ0) is 24.7. The van der Waals surface area contributed by atoms with Crippen LogP contribution in [0.15, 0.2) is 66.7 Å². The number of carbonyl (C=O) groups excluding carboxylic acids is 2. The molecule has 0 bridgehead atoms. The molecule has 34 heavy (non-hydrogen) atoms. The molecule has 0 aliphatic rings. The molecule has 0 saturated carbocycles. The summed E-state index contributed by atoms with van der Waals surface area (Å²) in [5, 5.41) is 4.97. The third-order valence-electron chi connectivity index (χ3n) is 4.64. The molecule has 0 fully saturated rings. The third kappa shape index (κ3) is 6.18.